The van der Waals surface area contributed by atoms with Gasteiger partial charge in [0.15, 0.2) is 5.75 Å². The first-order chi connectivity index (χ1) is 12.7. The molecule has 2 rings (SSSR count). The van der Waals surface area contributed by atoms with Crippen molar-refractivity contribution < 1.29 is 27.6 Å². The average Bonchev–Trinajstić information content (AvgIpc) is 2.62. The summed E-state index contributed by atoms with van der Waals surface area (Å²) >= 11 is 0. The molecule has 0 spiro atoms. The Morgan fingerprint density at radius 1 is 1.39 bits per heavy atom. The van der Waals surface area contributed by atoms with E-state index in [4.69, 9.17) is 4.74 Å². The summed E-state index contributed by atoms with van der Waals surface area (Å²) in [5.41, 5.74) is -0.523. The molecule has 12 heteroatoms. The van der Waals surface area contributed by atoms with Gasteiger partial charge in [-0.15, -0.1) is 12.4 Å². The lowest BCUT2D eigenvalue weighted by molar-refractivity contribution is -0.385. The summed E-state index contributed by atoms with van der Waals surface area (Å²) < 4.78 is 45.2. The predicted octanol–water partition coefficient (Wildman–Crippen LogP) is 1.98. The van der Waals surface area contributed by atoms with Crippen LogP contribution in [0, 0.1) is 10.1 Å². The van der Waals surface area contributed by atoms with Crippen molar-refractivity contribution in [3.63, 3.8) is 0 Å². The highest BCUT2D eigenvalue weighted by Crippen LogP contribution is 2.28. The van der Waals surface area contributed by atoms with Gasteiger partial charge < -0.3 is 15.4 Å². The van der Waals surface area contributed by atoms with E-state index in [1.165, 1.54) is 17.0 Å². The molecule has 0 aliphatic carbocycles. The number of carbonyl (C=O) groups is 1. The van der Waals surface area contributed by atoms with E-state index in [1.807, 2.05) is 0 Å². The summed E-state index contributed by atoms with van der Waals surface area (Å²) in [5, 5.41) is 16.3. The van der Waals surface area contributed by atoms with Crippen LogP contribution in [0.3, 0.4) is 0 Å². The Hall–Kier alpha value is -2.11. The van der Waals surface area contributed by atoms with Crippen molar-refractivity contribution >= 4 is 24.0 Å². The Balaban J connectivity index is 0.00000392. The third-order valence-electron chi connectivity index (χ3n) is 4.14. The van der Waals surface area contributed by atoms with E-state index in [1.54, 1.807) is 6.92 Å². The molecular formula is C16H22ClF3N4O4. The fourth-order valence-electron chi connectivity index (χ4n) is 2.82. The molecule has 1 saturated heterocycles. The van der Waals surface area contributed by atoms with Gasteiger partial charge in [-0.2, -0.15) is 13.2 Å². The number of nitro benzene ring substituents is 1. The smallest absolute Gasteiger partial charge is 0.405 e. The predicted molar refractivity (Wildman–Crippen MR) is 98.1 cm³/mol. The Morgan fingerprint density at radius 3 is 2.57 bits per heavy atom. The number of halogens is 4. The fourth-order valence-corrected chi connectivity index (χ4v) is 2.82. The van der Waals surface area contributed by atoms with Crippen molar-refractivity contribution in [1.29, 1.82) is 0 Å². The largest absolute Gasteiger partial charge is 0.487 e. The van der Waals surface area contributed by atoms with Crippen LogP contribution in [0.5, 0.6) is 5.75 Å². The van der Waals surface area contributed by atoms with Crippen molar-refractivity contribution in [2.75, 3.05) is 39.3 Å². The molecule has 2 N–H and O–H groups in total. The van der Waals surface area contributed by atoms with Gasteiger partial charge in [-0.1, -0.05) is 0 Å². The van der Waals surface area contributed by atoms with Crippen LogP contribution in [-0.4, -0.2) is 67.3 Å². The zero-order valence-electron chi connectivity index (χ0n) is 15.1. The number of nitrogens with one attached hydrogen (secondary N) is 2. The number of ether oxygens (including phenoxy) is 1. The Labute approximate surface area is 166 Å². The van der Waals surface area contributed by atoms with Crippen LogP contribution in [-0.2, 0) is 0 Å². The first-order valence-electron chi connectivity index (χ1n) is 8.45. The number of hydrogen-bond donors (Lipinski definition) is 2. The molecule has 1 aromatic rings. The van der Waals surface area contributed by atoms with Gasteiger partial charge in [0, 0.05) is 44.4 Å². The lowest BCUT2D eigenvalue weighted by Gasteiger charge is -2.35. The Morgan fingerprint density at radius 2 is 2.04 bits per heavy atom. The molecule has 0 saturated carbocycles. The highest BCUT2D eigenvalue weighted by molar-refractivity contribution is 5.95. The maximum absolute atomic E-state index is 13.3. The number of benzene rings is 1. The minimum Gasteiger partial charge on any atom is -0.487 e. The maximum Gasteiger partial charge on any atom is 0.405 e. The van der Waals surface area contributed by atoms with Gasteiger partial charge in [-0.05, 0) is 19.1 Å². The third-order valence-corrected chi connectivity index (χ3v) is 4.14. The van der Waals surface area contributed by atoms with Gasteiger partial charge >= 0.3 is 11.9 Å². The molecule has 0 aromatic heterocycles. The van der Waals surface area contributed by atoms with Gasteiger partial charge in [0.05, 0.1) is 11.5 Å². The minimum absolute atomic E-state index is 0. The van der Waals surface area contributed by atoms with Crippen LogP contribution in [0.1, 0.15) is 17.3 Å². The summed E-state index contributed by atoms with van der Waals surface area (Å²) in [6.07, 6.45) is -4.50. The SMILES string of the molecule is CCOc1ccc(C(=O)NCC(N2CCNCC2)C(F)(F)F)cc1[N+](=O)[O-].Cl. The fraction of sp³-hybridized carbons (Fsp3) is 0.562. The highest BCUT2D eigenvalue weighted by Gasteiger charge is 2.43. The molecule has 1 atom stereocenters. The number of nitro groups is 1. The van der Waals surface area contributed by atoms with E-state index >= 15 is 0 Å². The Bertz CT molecular complexity index is 684. The van der Waals surface area contributed by atoms with Crippen molar-refractivity contribution in [1.82, 2.24) is 15.5 Å². The minimum atomic E-state index is -4.50. The van der Waals surface area contributed by atoms with E-state index < -0.39 is 35.3 Å². The number of nitrogens with zero attached hydrogens (tertiary/aromatic N) is 2. The van der Waals surface area contributed by atoms with Crippen LogP contribution in [0.2, 0.25) is 0 Å². The van der Waals surface area contributed by atoms with Crippen molar-refractivity contribution in [3.8, 4) is 5.75 Å². The van der Waals surface area contributed by atoms with Gasteiger partial charge in [0.2, 0.25) is 0 Å². The van der Waals surface area contributed by atoms with E-state index in [0.717, 1.165) is 6.07 Å². The van der Waals surface area contributed by atoms with Gasteiger partial charge in [0.25, 0.3) is 5.91 Å². The summed E-state index contributed by atoms with van der Waals surface area (Å²) in [6.45, 7) is 2.52. The van der Waals surface area contributed by atoms with Crippen LogP contribution in [0.15, 0.2) is 18.2 Å². The van der Waals surface area contributed by atoms with E-state index in [9.17, 15) is 28.1 Å². The lowest BCUT2D eigenvalue weighted by atomic mass is 10.1. The molecular weight excluding hydrogens is 405 g/mol. The second-order valence-electron chi connectivity index (χ2n) is 5.93. The molecule has 1 aromatic carbocycles. The molecule has 28 heavy (non-hydrogen) atoms. The van der Waals surface area contributed by atoms with E-state index in [0.29, 0.717) is 13.1 Å². The van der Waals surface area contributed by atoms with Gasteiger partial charge in [0.1, 0.15) is 6.04 Å². The lowest BCUT2D eigenvalue weighted by Crippen LogP contribution is -2.57. The van der Waals surface area contributed by atoms with Crippen LogP contribution in [0.4, 0.5) is 18.9 Å². The number of rotatable bonds is 7. The second-order valence-corrected chi connectivity index (χ2v) is 5.93. The molecule has 158 valence electrons. The number of hydrogen-bond acceptors (Lipinski definition) is 6. The first kappa shape index (κ1) is 23.9. The number of alkyl halides is 3. The van der Waals surface area contributed by atoms with Crippen molar-refractivity contribution in [3.05, 3.63) is 33.9 Å². The van der Waals surface area contributed by atoms with Crippen LogP contribution in [0.25, 0.3) is 0 Å². The number of amides is 1. The van der Waals surface area contributed by atoms with Crippen molar-refractivity contribution in [2.45, 2.75) is 19.1 Å². The zero-order valence-corrected chi connectivity index (χ0v) is 15.9. The maximum atomic E-state index is 13.3. The van der Waals surface area contributed by atoms with Crippen LogP contribution < -0.4 is 15.4 Å². The Kier molecular flexibility index (Phi) is 8.92. The van der Waals surface area contributed by atoms with Gasteiger partial charge in [-0.25, -0.2) is 0 Å². The number of carbonyl (C=O) groups excluding carboxylic acids is 1. The molecule has 1 unspecified atom stereocenters. The molecule has 1 amide bonds. The number of piperazine rings is 1. The highest BCUT2D eigenvalue weighted by atomic mass is 35.5. The normalized spacial score (nSPS) is 16.0. The molecule has 1 fully saturated rings. The molecule has 1 heterocycles. The quantitative estimate of drug-likeness (QED) is 0.511. The summed E-state index contributed by atoms with van der Waals surface area (Å²) in [5.74, 6) is -0.821. The molecule has 0 radical (unpaired) electrons. The topological polar surface area (TPSA) is 96.7 Å². The molecule has 0 bridgehead atoms. The van der Waals surface area contributed by atoms with E-state index in [2.05, 4.69) is 10.6 Å². The monoisotopic (exact) mass is 426 g/mol. The first-order valence-corrected chi connectivity index (χ1v) is 8.45. The second kappa shape index (κ2) is 10.4. The van der Waals surface area contributed by atoms with E-state index in [-0.39, 0.29) is 43.4 Å². The molecule has 1 aliphatic rings. The summed E-state index contributed by atoms with van der Waals surface area (Å²) in [4.78, 5) is 23.9. The standard InChI is InChI=1S/C16H21F3N4O4.ClH/c1-2-27-13-4-3-11(9-12(13)23(25)26)15(24)21-10-14(16(17,18)19)22-7-5-20-6-8-22;/h3-4,9,14,20H,2,5-8,10H2,1H3,(H,21,24);1H. The zero-order chi connectivity index (χ0) is 20.0. The average molecular weight is 427 g/mol. The third kappa shape index (κ3) is 6.21. The van der Waals surface area contributed by atoms with Crippen LogP contribution >= 0.6 is 12.4 Å². The summed E-state index contributed by atoms with van der Waals surface area (Å²) in [6, 6.07) is 1.71. The molecule has 8 nitrogen and oxygen atoms in total. The van der Waals surface area contributed by atoms with Gasteiger partial charge in [-0.3, -0.25) is 19.8 Å². The molecule has 1 aliphatic heterocycles. The summed E-state index contributed by atoms with van der Waals surface area (Å²) in [7, 11) is 0. The van der Waals surface area contributed by atoms with Crippen molar-refractivity contribution in [2.24, 2.45) is 0 Å².